The number of hydrogen-bond donors (Lipinski definition) is 1. The van der Waals surface area contributed by atoms with Gasteiger partial charge in [0.1, 0.15) is 0 Å². The summed E-state index contributed by atoms with van der Waals surface area (Å²) in [5.41, 5.74) is 5.30. The zero-order valence-corrected chi connectivity index (χ0v) is 11.4. The minimum atomic E-state index is -2.99. The van der Waals surface area contributed by atoms with Crippen LogP contribution in [0.4, 0.5) is 0 Å². The lowest BCUT2D eigenvalue weighted by Gasteiger charge is -2.27. The normalized spacial score (nSPS) is 30.5. The third-order valence-corrected chi connectivity index (χ3v) is 6.07. The highest BCUT2D eigenvalue weighted by Crippen LogP contribution is 2.41. The Morgan fingerprint density at radius 2 is 2.25 bits per heavy atom. The molecule has 1 fully saturated rings. The molecular formula is C10H19NO3S2. The van der Waals surface area contributed by atoms with E-state index in [1.54, 1.807) is 14.0 Å². The lowest BCUT2D eigenvalue weighted by atomic mass is 9.87. The van der Waals surface area contributed by atoms with Crippen LogP contribution in [0.2, 0.25) is 0 Å². The largest absolute Gasteiger partial charge is 0.393 e. The first-order chi connectivity index (χ1) is 7.38. The van der Waals surface area contributed by atoms with Crippen molar-refractivity contribution in [2.24, 2.45) is 11.1 Å². The third kappa shape index (κ3) is 2.55. The van der Waals surface area contributed by atoms with Crippen LogP contribution < -0.4 is 5.73 Å². The molecular weight excluding hydrogens is 246 g/mol. The van der Waals surface area contributed by atoms with Crippen LogP contribution in [0.25, 0.3) is 0 Å². The van der Waals surface area contributed by atoms with Gasteiger partial charge >= 0.3 is 0 Å². The van der Waals surface area contributed by atoms with Crippen molar-refractivity contribution in [1.29, 1.82) is 0 Å². The van der Waals surface area contributed by atoms with E-state index in [-0.39, 0.29) is 11.0 Å². The molecule has 1 aliphatic rings. The van der Waals surface area contributed by atoms with Gasteiger partial charge < -0.3 is 10.5 Å². The molecule has 2 atom stereocenters. The molecule has 0 aromatic carbocycles. The predicted octanol–water partition coefficient (Wildman–Crippen LogP) is 0.892. The highest BCUT2D eigenvalue weighted by molar-refractivity contribution is 7.92. The van der Waals surface area contributed by atoms with Gasteiger partial charge in [-0.3, -0.25) is 0 Å². The van der Waals surface area contributed by atoms with Gasteiger partial charge in [-0.15, -0.1) is 0 Å². The van der Waals surface area contributed by atoms with E-state index in [0.29, 0.717) is 30.9 Å². The van der Waals surface area contributed by atoms with E-state index in [1.807, 2.05) is 0 Å². The number of thiocarbonyl (C=S) groups is 1. The number of sulfone groups is 1. The highest BCUT2D eigenvalue weighted by Gasteiger charge is 2.45. The van der Waals surface area contributed by atoms with E-state index in [2.05, 4.69) is 0 Å². The summed E-state index contributed by atoms with van der Waals surface area (Å²) in [6, 6.07) is 0. The molecule has 1 aliphatic carbocycles. The molecule has 0 amide bonds. The van der Waals surface area contributed by atoms with Crippen LogP contribution in [0, 0.1) is 5.41 Å². The Morgan fingerprint density at radius 3 is 2.69 bits per heavy atom. The number of ether oxygens (including phenoxy) is 1. The van der Waals surface area contributed by atoms with Crippen molar-refractivity contribution in [2.75, 3.05) is 19.5 Å². The van der Waals surface area contributed by atoms with Crippen LogP contribution in [-0.4, -0.2) is 38.1 Å². The minimum Gasteiger partial charge on any atom is -0.393 e. The molecule has 0 radical (unpaired) electrons. The van der Waals surface area contributed by atoms with Gasteiger partial charge in [-0.05, 0) is 19.3 Å². The summed E-state index contributed by atoms with van der Waals surface area (Å²) in [4.78, 5) is 0.378. The van der Waals surface area contributed by atoms with Crippen LogP contribution in [0.5, 0.6) is 0 Å². The van der Waals surface area contributed by atoms with Crippen LogP contribution in [0.1, 0.15) is 26.2 Å². The summed E-state index contributed by atoms with van der Waals surface area (Å²) >= 11 is 5.05. The first kappa shape index (κ1) is 13.9. The minimum absolute atomic E-state index is 0.179. The van der Waals surface area contributed by atoms with Crippen LogP contribution >= 0.6 is 12.2 Å². The van der Waals surface area contributed by atoms with E-state index < -0.39 is 15.3 Å². The molecule has 0 heterocycles. The zero-order valence-electron chi connectivity index (χ0n) is 9.73. The maximum atomic E-state index is 11.8. The molecule has 0 aromatic rings. The van der Waals surface area contributed by atoms with Gasteiger partial charge in [-0.2, -0.15) is 0 Å². The van der Waals surface area contributed by atoms with Crippen LogP contribution in [-0.2, 0) is 14.6 Å². The quantitative estimate of drug-likeness (QED) is 0.748. The molecule has 0 saturated heterocycles. The second kappa shape index (κ2) is 4.98. The molecule has 0 aliphatic heterocycles. The van der Waals surface area contributed by atoms with Crippen LogP contribution in [0.3, 0.4) is 0 Å². The van der Waals surface area contributed by atoms with E-state index in [1.165, 1.54) is 0 Å². The number of methoxy groups -OCH3 is 1. The Kier molecular flexibility index (Phi) is 4.31. The van der Waals surface area contributed by atoms with Gasteiger partial charge in [0.2, 0.25) is 0 Å². The second-order valence-electron chi connectivity index (χ2n) is 4.39. The summed E-state index contributed by atoms with van der Waals surface area (Å²) in [5, 5.41) is -0.311. The first-order valence-electron chi connectivity index (χ1n) is 5.38. The van der Waals surface area contributed by atoms with Gasteiger partial charge in [0.25, 0.3) is 0 Å². The Morgan fingerprint density at radius 1 is 1.62 bits per heavy atom. The van der Waals surface area contributed by atoms with Crippen molar-refractivity contribution in [3.05, 3.63) is 0 Å². The van der Waals surface area contributed by atoms with Crippen molar-refractivity contribution in [3.8, 4) is 0 Å². The highest BCUT2D eigenvalue weighted by atomic mass is 32.2. The fraction of sp³-hybridized carbons (Fsp3) is 0.900. The predicted molar refractivity (Wildman–Crippen MR) is 68.2 cm³/mol. The summed E-state index contributed by atoms with van der Waals surface area (Å²) in [5.74, 6) is 0.179. The first-order valence-corrected chi connectivity index (χ1v) is 7.51. The van der Waals surface area contributed by atoms with Gasteiger partial charge in [0.15, 0.2) is 9.84 Å². The van der Waals surface area contributed by atoms with Crippen molar-refractivity contribution in [1.82, 2.24) is 0 Å². The molecule has 0 bridgehead atoms. The summed E-state index contributed by atoms with van der Waals surface area (Å²) in [6.07, 6.45) is 1.85. The standard InChI is InChI=1S/C10H19NO3S2/c1-3-16(12,13)8-4-5-10(6-8,7-14-2)9(11)15/h8H,3-7H2,1-2H3,(H2,11,15)/t8-,10+/m0/s1. The molecule has 1 rings (SSSR count). The van der Waals surface area contributed by atoms with E-state index in [4.69, 9.17) is 22.7 Å². The van der Waals surface area contributed by atoms with Crippen molar-refractivity contribution in [3.63, 3.8) is 0 Å². The van der Waals surface area contributed by atoms with Gasteiger partial charge in [0.05, 0.1) is 16.8 Å². The van der Waals surface area contributed by atoms with Crippen molar-refractivity contribution in [2.45, 2.75) is 31.4 Å². The average Bonchev–Trinajstić information content (AvgIpc) is 2.65. The Labute approximate surface area is 102 Å². The van der Waals surface area contributed by atoms with Gasteiger partial charge in [0, 0.05) is 18.3 Å². The van der Waals surface area contributed by atoms with E-state index in [0.717, 1.165) is 0 Å². The average molecular weight is 265 g/mol. The molecule has 0 spiro atoms. The van der Waals surface area contributed by atoms with Gasteiger partial charge in [-0.25, -0.2) is 8.42 Å². The number of nitrogens with two attached hydrogens (primary N) is 1. The van der Waals surface area contributed by atoms with Crippen molar-refractivity contribution >= 4 is 27.0 Å². The Hall–Kier alpha value is -0.200. The SMILES string of the molecule is CCS(=O)(=O)[C@H]1CC[C@@](COC)(C(N)=S)C1. The molecule has 6 heteroatoms. The molecule has 16 heavy (non-hydrogen) atoms. The van der Waals surface area contributed by atoms with E-state index >= 15 is 0 Å². The summed E-state index contributed by atoms with van der Waals surface area (Å²) in [6.45, 7) is 2.09. The third-order valence-electron chi connectivity index (χ3n) is 3.42. The topological polar surface area (TPSA) is 69.4 Å². The van der Waals surface area contributed by atoms with E-state index in [9.17, 15) is 8.42 Å². The zero-order chi connectivity index (χ0) is 12.4. The molecule has 2 N–H and O–H groups in total. The molecule has 0 aromatic heterocycles. The fourth-order valence-corrected chi connectivity index (χ4v) is 4.09. The lowest BCUT2D eigenvalue weighted by molar-refractivity contribution is 0.127. The second-order valence-corrected chi connectivity index (χ2v) is 7.40. The number of hydrogen-bond acceptors (Lipinski definition) is 4. The Bertz CT molecular complexity index is 366. The Balaban J connectivity index is 2.87. The molecule has 94 valence electrons. The van der Waals surface area contributed by atoms with Crippen LogP contribution in [0.15, 0.2) is 0 Å². The molecule has 1 saturated carbocycles. The lowest BCUT2D eigenvalue weighted by Crippen LogP contribution is -2.38. The maximum Gasteiger partial charge on any atom is 0.152 e. The smallest absolute Gasteiger partial charge is 0.152 e. The monoisotopic (exact) mass is 265 g/mol. The maximum absolute atomic E-state index is 11.8. The van der Waals surface area contributed by atoms with Crippen molar-refractivity contribution < 1.29 is 13.2 Å². The fourth-order valence-electron chi connectivity index (χ4n) is 2.32. The number of rotatable bonds is 5. The van der Waals surface area contributed by atoms with Gasteiger partial charge in [-0.1, -0.05) is 19.1 Å². The molecule has 4 nitrogen and oxygen atoms in total. The summed E-state index contributed by atoms with van der Waals surface area (Å²) in [7, 11) is -1.41. The molecule has 0 unspecified atom stereocenters. The summed E-state index contributed by atoms with van der Waals surface area (Å²) < 4.78 is 28.7.